The lowest BCUT2D eigenvalue weighted by atomic mass is 9.96. The first-order valence-corrected chi connectivity index (χ1v) is 6.35. The Morgan fingerprint density at radius 2 is 1.89 bits per heavy atom. The highest BCUT2D eigenvalue weighted by Gasteiger charge is 2.42. The zero-order chi connectivity index (χ0) is 13.4. The summed E-state index contributed by atoms with van der Waals surface area (Å²) in [6.07, 6.45) is 1.99. The summed E-state index contributed by atoms with van der Waals surface area (Å²) in [6, 6.07) is 1.88. The van der Waals surface area contributed by atoms with E-state index >= 15 is 0 Å². The molecule has 0 amide bonds. The Morgan fingerprint density at radius 3 is 2.33 bits per heavy atom. The molecule has 0 aliphatic heterocycles. The molecule has 0 radical (unpaired) electrons. The lowest BCUT2D eigenvalue weighted by Crippen LogP contribution is -2.27. The minimum absolute atomic E-state index is 0.0980. The third-order valence-electron chi connectivity index (χ3n) is 3.20. The third-order valence-corrected chi connectivity index (χ3v) is 3.20. The van der Waals surface area contributed by atoms with E-state index in [0.717, 1.165) is 30.3 Å². The quantitative estimate of drug-likeness (QED) is 0.759. The van der Waals surface area contributed by atoms with Gasteiger partial charge in [-0.1, -0.05) is 20.8 Å². The fourth-order valence-electron chi connectivity index (χ4n) is 1.72. The second-order valence-electron chi connectivity index (χ2n) is 6.03. The van der Waals surface area contributed by atoms with E-state index in [2.05, 4.69) is 41.4 Å². The number of hydrogen-bond acceptors (Lipinski definition) is 5. The van der Waals surface area contributed by atoms with Gasteiger partial charge in [-0.15, -0.1) is 0 Å². The minimum Gasteiger partial charge on any atom is -0.394 e. The molecule has 1 saturated carbocycles. The fourth-order valence-corrected chi connectivity index (χ4v) is 1.72. The largest absolute Gasteiger partial charge is 0.394 e. The number of aliphatic hydroxyl groups excluding tert-OH is 1. The maximum Gasteiger partial charge on any atom is 0.138 e. The average molecular weight is 250 g/mol. The monoisotopic (exact) mass is 250 g/mol. The Kier molecular flexibility index (Phi) is 3.19. The van der Waals surface area contributed by atoms with Crippen molar-refractivity contribution in [2.24, 2.45) is 0 Å². The molecule has 0 bridgehead atoms. The van der Waals surface area contributed by atoms with Gasteiger partial charge in [-0.05, 0) is 12.8 Å². The van der Waals surface area contributed by atoms with E-state index in [-0.39, 0.29) is 17.6 Å². The maximum atomic E-state index is 9.35. The van der Waals surface area contributed by atoms with Crippen LogP contribution in [0.3, 0.4) is 0 Å². The Bertz CT molecular complexity index is 435. The predicted molar refractivity (Wildman–Crippen MR) is 73.0 cm³/mol. The molecule has 1 aliphatic rings. The summed E-state index contributed by atoms with van der Waals surface area (Å²) in [7, 11) is 1.84. The highest BCUT2D eigenvalue weighted by atomic mass is 16.3. The van der Waals surface area contributed by atoms with Crippen LogP contribution in [0.15, 0.2) is 6.07 Å². The number of nitrogens with zero attached hydrogens (tertiary/aromatic N) is 2. The number of rotatable bonds is 4. The SMILES string of the molecule is CNc1cc(NC2(CO)CC2)nc(C(C)(C)C)n1. The molecular weight excluding hydrogens is 228 g/mol. The van der Waals surface area contributed by atoms with Gasteiger partial charge in [0.1, 0.15) is 17.5 Å². The highest BCUT2D eigenvalue weighted by molar-refractivity contribution is 5.50. The summed E-state index contributed by atoms with van der Waals surface area (Å²) in [6.45, 7) is 6.41. The molecule has 1 fully saturated rings. The van der Waals surface area contributed by atoms with Gasteiger partial charge in [0.05, 0.1) is 12.1 Å². The van der Waals surface area contributed by atoms with Crippen LogP contribution >= 0.6 is 0 Å². The van der Waals surface area contributed by atoms with Crippen LogP contribution in [-0.4, -0.2) is 34.3 Å². The van der Waals surface area contributed by atoms with Crippen molar-refractivity contribution in [1.82, 2.24) is 9.97 Å². The zero-order valence-electron chi connectivity index (χ0n) is 11.5. The van der Waals surface area contributed by atoms with Gasteiger partial charge in [0.25, 0.3) is 0 Å². The summed E-state index contributed by atoms with van der Waals surface area (Å²) in [5, 5.41) is 15.7. The van der Waals surface area contributed by atoms with E-state index in [1.165, 1.54) is 0 Å². The van der Waals surface area contributed by atoms with Crippen molar-refractivity contribution >= 4 is 11.6 Å². The van der Waals surface area contributed by atoms with Gasteiger partial charge in [0, 0.05) is 18.5 Å². The first-order valence-electron chi connectivity index (χ1n) is 6.35. The van der Waals surface area contributed by atoms with E-state index in [4.69, 9.17) is 0 Å². The van der Waals surface area contributed by atoms with Gasteiger partial charge in [0.2, 0.25) is 0 Å². The molecular formula is C13H22N4O. The standard InChI is InChI=1S/C13H22N4O/c1-12(2,3)11-15-9(14-4)7-10(16-11)17-13(8-18)5-6-13/h7,18H,5-6,8H2,1-4H3,(H2,14,15,16,17). The number of aromatic nitrogens is 2. The zero-order valence-corrected chi connectivity index (χ0v) is 11.5. The number of hydrogen-bond donors (Lipinski definition) is 3. The van der Waals surface area contributed by atoms with Crippen molar-refractivity contribution < 1.29 is 5.11 Å². The second kappa shape index (κ2) is 4.39. The molecule has 5 heteroatoms. The van der Waals surface area contributed by atoms with E-state index in [0.29, 0.717) is 0 Å². The lowest BCUT2D eigenvalue weighted by Gasteiger charge is -2.21. The lowest BCUT2D eigenvalue weighted by molar-refractivity contribution is 0.266. The molecule has 1 aromatic heterocycles. The van der Waals surface area contributed by atoms with Crippen LogP contribution in [-0.2, 0) is 5.41 Å². The summed E-state index contributed by atoms with van der Waals surface area (Å²) < 4.78 is 0. The number of aliphatic hydroxyl groups is 1. The fraction of sp³-hybridized carbons (Fsp3) is 0.692. The van der Waals surface area contributed by atoms with Gasteiger partial charge in [-0.3, -0.25) is 0 Å². The molecule has 0 spiro atoms. The molecule has 1 aliphatic carbocycles. The van der Waals surface area contributed by atoms with Gasteiger partial charge in [-0.25, -0.2) is 9.97 Å². The van der Waals surface area contributed by atoms with Crippen LogP contribution in [0.5, 0.6) is 0 Å². The molecule has 5 nitrogen and oxygen atoms in total. The van der Waals surface area contributed by atoms with Crippen LogP contribution in [0.2, 0.25) is 0 Å². The molecule has 0 unspecified atom stereocenters. The van der Waals surface area contributed by atoms with E-state index in [1.54, 1.807) is 0 Å². The van der Waals surface area contributed by atoms with E-state index in [9.17, 15) is 5.11 Å². The molecule has 1 aromatic rings. The summed E-state index contributed by atoms with van der Waals surface area (Å²) in [4.78, 5) is 9.03. The van der Waals surface area contributed by atoms with Crippen LogP contribution in [0.1, 0.15) is 39.4 Å². The Hall–Kier alpha value is -1.36. The van der Waals surface area contributed by atoms with Gasteiger partial charge in [-0.2, -0.15) is 0 Å². The molecule has 18 heavy (non-hydrogen) atoms. The highest BCUT2D eigenvalue weighted by Crippen LogP contribution is 2.38. The molecule has 0 atom stereocenters. The van der Waals surface area contributed by atoms with Crippen molar-refractivity contribution in [3.8, 4) is 0 Å². The smallest absolute Gasteiger partial charge is 0.138 e. The van der Waals surface area contributed by atoms with Gasteiger partial charge < -0.3 is 15.7 Å². The minimum atomic E-state index is -0.158. The molecule has 3 N–H and O–H groups in total. The topological polar surface area (TPSA) is 70.1 Å². The predicted octanol–water partition coefficient (Wildman–Crippen LogP) is 1.75. The summed E-state index contributed by atoms with van der Waals surface area (Å²) in [5.41, 5.74) is -0.256. The van der Waals surface area contributed by atoms with Crippen molar-refractivity contribution in [2.75, 3.05) is 24.3 Å². The van der Waals surface area contributed by atoms with E-state index < -0.39 is 0 Å². The Labute approximate surface area is 108 Å². The third kappa shape index (κ3) is 2.72. The number of nitrogens with one attached hydrogen (secondary N) is 2. The first-order chi connectivity index (χ1) is 8.38. The Morgan fingerprint density at radius 1 is 1.28 bits per heavy atom. The molecule has 0 saturated heterocycles. The van der Waals surface area contributed by atoms with Crippen LogP contribution in [0.25, 0.3) is 0 Å². The Balaban J connectivity index is 2.29. The van der Waals surface area contributed by atoms with Crippen LogP contribution < -0.4 is 10.6 Å². The van der Waals surface area contributed by atoms with Gasteiger partial charge in [0.15, 0.2) is 0 Å². The summed E-state index contributed by atoms with van der Waals surface area (Å²) in [5.74, 6) is 2.38. The average Bonchev–Trinajstić information content (AvgIpc) is 3.08. The van der Waals surface area contributed by atoms with Crippen molar-refractivity contribution in [3.05, 3.63) is 11.9 Å². The molecule has 1 heterocycles. The molecule has 2 rings (SSSR count). The van der Waals surface area contributed by atoms with Crippen molar-refractivity contribution in [1.29, 1.82) is 0 Å². The second-order valence-corrected chi connectivity index (χ2v) is 6.03. The molecule has 0 aromatic carbocycles. The van der Waals surface area contributed by atoms with Crippen molar-refractivity contribution in [2.45, 2.75) is 44.6 Å². The maximum absolute atomic E-state index is 9.35. The number of anilines is 2. The first kappa shape index (κ1) is 13.1. The molecule has 100 valence electrons. The van der Waals surface area contributed by atoms with Crippen LogP contribution in [0, 0.1) is 0 Å². The van der Waals surface area contributed by atoms with E-state index in [1.807, 2.05) is 13.1 Å². The van der Waals surface area contributed by atoms with Gasteiger partial charge >= 0.3 is 0 Å². The normalized spacial score (nSPS) is 17.4. The van der Waals surface area contributed by atoms with Crippen molar-refractivity contribution in [3.63, 3.8) is 0 Å². The van der Waals surface area contributed by atoms with Crippen LogP contribution in [0.4, 0.5) is 11.6 Å². The summed E-state index contributed by atoms with van der Waals surface area (Å²) >= 11 is 0.